The fourth-order valence-corrected chi connectivity index (χ4v) is 2.13. The van der Waals surface area contributed by atoms with Crippen LogP contribution in [0.4, 0.5) is 5.82 Å². The zero-order valence-corrected chi connectivity index (χ0v) is 12.9. The van der Waals surface area contributed by atoms with Gasteiger partial charge in [-0.25, -0.2) is 4.98 Å². The Kier molecular flexibility index (Phi) is 4.22. The lowest BCUT2D eigenvalue weighted by Gasteiger charge is -2.11. The van der Waals surface area contributed by atoms with Crippen molar-refractivity contribution in [1.82, 2.24) is 15.1 Å². The standard InChI is InChI=1S/C16H12ClN5O/c1-10(20-15-12(9-18)3-2-8-19-15)14-21-16(23-22-14)11-4-6-13(17)7-5-11/h2-8,10H,1H3,(H,19,20). The van der Waals surface area contributed by atoms with Gasteiger partial charge in [-0.05, 0) is 43.3 Å². The smallest absolute Gasteiger partial charge is 0.257 e. The predicted molar refractivity (Wildman–Crippen MR) is 85.7 cm³/mol. The van der Waals surface area contributed by atoms with E-state index < -0.39 is 0 Å². The first-order chi connectivity index (χ1) is 11.2. The highest BCUT2D eigenvalue weighted by Crippen LogP contribution is 2.23. The van der Waals surface area contributed by atoms with Crippen LogP contribution < -0.4 is 5.32 Å². The van der Waals surface area contributed by atoms with Crippen LogP contribution in [-0.4, -0.2) is 15.1 Å². The van der Waals surface area contributed by atoms with Crippen LogP contribution in [0, 0.1) is 11.3 Å². The Morgan fingerprint density at radius 3 is 2.78 bits per heavy atom. The molecule has 1 aromatic carbocycles. The van der Waals surface area contributed by atoms with E-state index in [1.807, 2.05) is 19.1 Å². The lowest BCUT2D eigenvalue weighted by atomic mass is 10.2. The number of hydrogen-bond acceptors (Lipinski definition) is 6. The first-order valence-electron chi connectivity index (χ1n) is 6.88. The van der Waals surface area contributed by atoms with Crippen molar-refractivity contribution >= 4 is 17.4 Å². The van der Waals surface area contributed by atoms with E-state index in [0.717, 1.165) is 5.56 Å². The third-order valence-corrected chi connectivity index (χ3v) is 3.45. The monoisotopic (exact) mass is 325 g/mol. The average molecular weight is 326 g/mol. The molecule has 7 heteroatoms. The Labute approximate surface area is 137 Å². The first kappa shape index (κ1) is 15.0. The summed E-state index contributed by atoms with van der Waals surface area (Å²) >= 11 is 5.86. The molecule has 0 bridgehead atoms. The molecule has 1 N–H and O–H groups in total. The van der Waals surface area contributed by atoms with E-state index in [1.165, 1.54) is 0 Å². The Morgan fingerprint density at radius 2 is 2.04 bits per heavy atom. The number of halogens is 1. The van der Waals surface area contributed by atoms with Gasteiger partial charge in [0.2, 0.25) is 0 Å². The van der Waals surface area contributed by atoms with E-state index in [0.29, 0.717) is 28.1 Å². The lowest BCUT2D eigenvalue weighted by molar-refractivity contribution is 0.419. The molecule has 23 heavy (non-hydrogen) atoms. The second-order valence-corrected chi connectivity index (χ2v) is 5.28. The maximum Gasteiger partial charge on any atom is 0.257 e. The number of hydrogen-bond donors (Lipinski definition) is 1. The minimum absolute atomic E-state index is 0.262. The van der Waals surface area contributed by atoms with Crippen LogP contribution in [0.25, 0.3) is 11.5 Å². The van der Waals surface area contributed by atoms with Crippen molar-refractivity contribution in [3.63, 3.8) is 0 Å². The van der Waals surface area contributed by atoms with Crippen molar-refractivity contribution in [3.05, 3.63) is 59.0 Å². The van der Waals surface area contributed by atoms with Crippen LogP contribution in [-0.2, 0) is 0 Å². The van der Waals surface area contributed by atoms with Gasteiger partial charge in [0.1, 0.15) is 11.9 Å². The van der Waals surface area contributed by atoms with E-state index in [-0.39, 0.29) is 6.04 Å². The maximum absolute atomic E-state index is 9.09. The van der Waals surface area contributed by atoms with Crippen molar-refractivity contribution in [1.29, 1.82) is 5.26 Å². The lowest BCUT2D eigenvalue weighted by Crippen LogP contribution is -2.10. The predicted octanol–water partition coefficient (Wildman–Crippen LogP) is 3.83. The molecule has 0 aliphatic heterocycles. The van der Waals surface area contributed by atoms with Gasteiger partial charge in [0, 0.05) is 16.8 Å². The molecule has 3 aromatic rings. The number of anilines is 1. The summed E-state index contributed by atoms with van der Waals surface area (Å²) < 4.78 is 5.28. The minimum atomic E-state index is -0.262. The van der Waals surface area contributed by atoms with Crippen LogP contribution in [0.5, 0.6) is 0 Å². The van der Waals surface area contributed by atoms with Crippen LogP contribution >= 0.6 is 11.6 Å². The van der Waals surface area contributed by atoms with Gasteiger partial charge < -0.3 is 9.84 Å². The largest absolute Gasteiger partial charge is 0.359 e. The molecule has 114 valence electrons. The molecule has 2 aromatic heterocycles. The molecule has 0 aliphatic rings. The van der Waals surface area contributed by atoms with Gasteiger partial charge in [0.25, 0.3) is 5.89 Å². The van der Waals surface area contributed by atoms with Crippen LogP contribution in [0.2, 0.25) is 5.02 Å². The molecule has 0 aliphatic carbocycles. The molecule has 3 rings (SSSR count). The van der Waals surface area contributed by atoms with E-state index in [1.54, 1.807) is 30.5 Å². The second kappa shape index (κ2) is 6.46. The topological polar surface area (TPSA) is 87.6 Å². The fourth-order valence-electron chi connectivity index (χ4n) is 2.00. The number of nitrogens with one attached hydrogen (secondary N) is 1. The van der Waals surface area contributed by atoms with E-state index in [2.05, 4.69) is 26.5 Å². The molecule has 0 spiro atoms. The summed E-state index contributed by atoms with van der Waals surface area (Å²) in [5.74, 6) is 1.37. The van der Waals surface area contributed by atoms with E-state index in [9.17, 15) is 0 Å². The van der Waals surface area contributed by atoms with E-state index >= 15 is 0 Å². The normalized spacial score (nSPS) is 11.7. The molecule has 2 heterocycles. The number of aromatic nitrogens is 3. The highest BCUT2D eigenvalue weighted by molar-refractivity contribution is 6.30. The molecule has 1 atom stereocenters. The molecule has 6 nitrogen and oxygen atoms in total. The highest BCUT2D eigenvalue weighted by atomic mass is 35.5. The minimum Gasteiger partial charge on any atom is -0.359 e. The van der Waals surface area contributed by atoms with Crippen molar-refractivity contribution in [2.75, 3.05) is 5.32 Å². The molecular weight excluding hydrogens is 314 g/mol. The third kappa shape index (κ3) is 3.30. The van der Waals surface area contributed by atoms with Gasteiger partial charge in [0.05, 0.1) is 11.6 Å². The summed E-state index contributed by atoms with van der Waals surface area (Å²) in [6, 6.07) is 12.4. The second-order valence-electron chi connectivity index (χ2n) is 4.84. The summed E-state index contributed by atoms with van der Waals surface area (Å²) in [5, 5.41) is 16.8. The Balaban J connectivity index is 1.80. The number of nitrogens with zero attached hydrogens (tertiary/aromatic N) is 4. The highest BCUT2D eigenvalue weighted by Gasteiger charge is 2.16. The van der Waals surface area contributed by atoms with Gasteiger partial charge in [-0.2, -0.15) is 10.2 Å². The van der Waals surface area contributed by atoms with Crippen LogP contribution in [0.1, 0.15) is 24.4 Å². The Hall–Kier alpha value is -2.91. The molecule has 0 amide bonds. The fraction of sp³-hybridized carbons (Fsp3) is 0.125. The van der Waals surface area contributed by atoms with Gasteiger partial charge in [-0.3, -0.25) is 0 Å². The van der Waals surface area contributed by atoms with Crippen molar-refractivity contribution < 1.29 is 4.52 Å². The number of nitriles is 1. The van der Waals surface area contributed by atoms with Gasteiger partial charge in [-0.1, -0.05) is 16.8 Å². The summed E-state index contributed by atoms with van der Waals surface area (Å²) in [6.45, 7) is 1.87. The molecule has 0 fully saturated rings. The molecule has 0 saturated heterocycles. The van der Waals surface area contributed by atoms with Crippen LogP contribution in [0.3, 0.4) is 0 Å². The summed E-state index contributed by atoms with van der Waals surface area (Å²) in [5.41, 5.74) is 1.25. The zero-order chi connectivity index (χ0) is 16.2. The molecule has 1 unspecified atom stereocenters. The summed E-state index contributed by atoms with van der Waals surface area (Å²) in [6.07, 6.45) is 1.62. The number of rotatable bonds is 4. The van der Waals surface area contributed by atoms with Gasteiger partial charge in [0.15, 0.2) is 5.82 Å². The molecular formula is C16H12ClN5O. The molecule has 0 radical (unpaired) electrons. The van der Waals surface area contributed by atoms with Crippen molar-refractivity contribution in [2.45, 2.75) is 13.0 Å². The third-order valence-electron chi connectivity index (χ3n) is 3.20. The summed E-state index contributed by atoms with van der Waals surface area (Å²) in [7, 11) is 0. The summed E-state index contributed by atoms with van der Waals surface area (Å²) in [4.78, 5) is 8.52. The maximum atomic E-state index is 9.09. The molecule has 0 saturated carbocycles. The Morgan fingerprint density at radius 1 is 1.26 bits per heavy atom. The number of benzene rings is 1. The van der Waals surface area contributed by atoms with Gasteiger partial charge >= 0.3 is 0 Å². The van der Waals surface area contributed by atoms with E-state index in [4.69, 9.17) is 21.4 Å². The number of pyridine rings is 1. The van der Waals surface area contributed by atoms with Crippen molar-refractivity contribution in [3.8, 4) is 17.5 Å². The Bertz CT molecular complexity index is 853. The van der Waals surface area contributed by atoms with Crippen LogP contribution in [0.15, 0.2) is 47.1 Å². The first-order valence-corrected chi connectivity index (χ1v) is 7.26. The van der Waals surface area contributed by atoms with Crippen molar-refractivity contribution in [2.24, 2.45) is 0 Å². The SMILES string of the molecule is CC(Nc1ncccc1C#N)c1noc(-c2ccc(Cl)cc2)n1. The van der Waals surface area contributed by atoms with Gasteiger partial charge in [-0.15, -0.1) is 0 Å². The zero-order valence-electron chi connectivity index (χ0n) is 12.2. The average Bonchev–Trinajstić information content (AvgIpc) is 3.06. The quantitative estimate of drug-likeness (QED) is 0.784.